The summed E-state index contributed by atoms with van der Waals surface area (Å²) >= 11 is 0. The van der Waals surface area contributed by atoms with Crippen LogP contribution in [0, 0.1) is 0 Å². The number of nitrogens with two attached hydrogens (primary N) is 1. The number of hydrogen-bond donors (Lipinski definition) is 1. The van der Waals surface area contributed by atoms with E-state index in [4.69, 9.17) is 10.5 Å². The van der Waals surface area contributed by atoms with Crippen LogP contribution >= 0.6 is 0 Å². The van der Waals surface area contributed by atoms with Crippen LogP contribution in [0.3, 0.4) is 0 Å². The number of ether oxygens (including phenoxy) is 1. The van der Waals surface area contributed by atoms with Gasteiger partial charge >= 0.3 is 0 Å². The first-order valence-corrected chi connectivity index (χ1v) is 7.87. The summed E-state index contributed by atoms with van der Waals surface area (Å²) in [7, 11) is 0. The third-order valence-electron chi connectivity index (χ3n) is 4.63. The van der Waals surface area contributed by atoms with Gasteiger partial charge in [-0.2, -0.15) is 0 Å². The summed E-state index contributed by atoms with van der Waals surface area (Å²) in [6, 6.07) is 6.78. The number of benzene rings is 1. The lowest BCUT2D eigenvalue weighted by Crippen LogP contribution is -2.41. The lowest BCUT2D eigenvalue weighted by atomic mass is 9.93. The molecule has 19 heavy (non-hydrogen) atoms. The first kappa shape index (κ1) is 13.0. The van der Waals surface area contributed by atoms with Crippen molar-refractivity contribution in [3.63, 3.8) is 0 Å². The van der Waals surface area contributed by atoms with Crippen molar-refractivity contribution < 1.29 is 4.74 Å². The highest BCUT2D eigenvalue weighted by atomic mass is 16.5. The van der Waals surface area contributed by atoms with Gasteiger partial charge in [-0.3, -0.25) is 0 Å². The van der Waals surface area contributed by atoms with Gasteiger partial charge in [-0.15, -0.1) is 0 Å². The fourth-order valence-electron chi connectivity index (χ4n) is 3.47. The highest BCUT2D eigenvalue weighted by Gasteiger charge is 2.24. The quantitative estimate of drug-likeness (QED) is 0.824. The van der Waals surface area contributed by atoms with Gasteiger partial charge in [-0.1, -0.05) is 25.0 Å². The van der Waals surface area contributed by atoms with E-state index >= 15 is 0 Å². The molecule has 2 N–H and O–H groups in total. The minimum absolute atomic E-state index is 0.218. The molecule has 104 valence electrons. The highest BCUT2D eigenvalue weighted by molar-refractivity contribution is 5.41. The van der Waals surface area contributed by atoms with Gasteiger partial charge in [-0.05, 0) is 62.1 Å². The zero-order valence-electron chi connectivity index (χ0n) is 11.7. The summed E-state index contributed by atoms with van der Waals surface area (Å²) in [6.07, 6.45) is 11.3. The summed E-state index contributed by atoms with van der Waals surface area (Å²) in [5, 5.41) is 0. The van der Waals surface area contributed by atoms with Crippen molar-refractivity contribution in [2.45, 2.75) is 69.9 Å². The molecule has 0 aromatic heterocycles. The Morgan fingerprint density at radius 3 is 2.68 bits per heavy atom. The van der Waals surface area contributed by atoms with Crippen molar-refractivity contribution in [2.75, 3.05) is 0 Å². The molecule has 2 nitrogen and oxygen atoms in total. The molecular weight excluding hydrogens is 234 g/mol. The van der Waals surface area contributed by atoms with E-state index in [1.807, 2.05) is 0 Å². The van der Waals surface area contributed by atoms with Crippen LogP contribution in [0.4, 0.5) is 0 Å². The molecule has 2 aliphatic carbocycles. The van der Waals surface area contributed by atoms with Gasteiger partial charge in [0.1, 0.15) is 11.9 Å². The van der Waals surface area contributed by atoms with Gasteiger partial charge < -0.3 is 10.5 Å². The molecule has 0 radical (unpaired) electrons. The topological polar surface area (TPSA) is 35.2 Å². The van der Waals surface area contributed by atoms with E-state index in [0.29, 0.717) is 0 Å². The van der Waals surface area contributed by atoms with E-state index in [0.717, 1.165) is 18.6 Å². The molecule has 2 heteroatoms. The second kappa shape index (κ2) is 5.96. The summed E-state index contributed by atoms with van der Waals surface area (Å²) in [6.45, 7) is 0. The maximum atomic E-state index is 6.30. The highest BCUT2D eigenvalue weighted by Crippen LogP contribution is 2.31. The molecule has 1 aromatic carbocycles. The number of hydrogen-bond acceptors (Lipinski definition) is 2. The van der Waals surface area contributed by atoms with Crippen LogP contribution in [0.1, 0.15) is 56.1 Å². The molecule has 0 heterocycles. The normalized spacial score (nSPS) is 27.4. The molecule has 2 unspecified atom stereocenters. The van der Waals surface area contributed by atoms with Crippen LogP contribution in [0.15, 0.2) is 18.2 Å². The van der Waals surface area contributed by atoms with Crippen LogP contribution in [-0.2, 0) is 12.8 Å². The number of fused-ring (bicyclic) bond motifs is 1. The van der Waals surface area contributed by atoms with Crippen molar-refractivity contribution in [2.24, 2.45) is 5.73 Å². The standard InChI is InChI=1S/C17H25NO/c18-15-10-4-5-11-17(15)19-16-12-6-8-13-7-2-1-3-9-14(13)16/h6,8,12,15,17H,1-5,7,9-11,18H2. The molecule has 0 amide bonds. The Balaban J connectivity index is 1.80. The molecule has 0 aliphatic heterocycles. The summed E-state index contributed by atoms with van der Waals surface area (Å²) < 4.78 is 6.30. The van der Waals surface area contributed by atoms with Crippen molar-refractivity contribution in [1.29, 1.82) is 0 Å². The van der Waals surface area contributed by atoms with E-state index in [1.165, 1.54) is 56.1 Å². The average molecular weight is 259 g/mol. The van der Waals surface area contributed by atoms with E-state index in [2.05, 4.69) is 18.2 Å². The molecule has 2 aliphatic rings. The molecule has 1 aromatic rings. The van der Waals surface area contributed by atoms with Crippen LogP contribution < -0.4 is 10.5 Å². The monoisotopic (exact) mass is 259 g/mol. The molecule has 0 bridgehead atoms. The fourth-order valence-corrected chi connectivity index (χ4v) is 3.47. The number of aryl methyl sites for hydroxylation is 1. The Bertz CT molecular complexity index is 429. The van der Waals surface area contributed by atoms with Gasteiger partial charge in [-0.25, -0.2) is 0 Å². The molecule has 0 saturated heterocycles. The first-order chi connectivity index (χ1) is 9.34. The Hall–Kier alpha value is -1.02. The van der Waals surface area contributed by atoms with Crippen molar-refractivity contribution >= 4 is 0 Å². The molecule has 1 saturated carbocycles. The van der Waals surface area contributed by atoms with Gasteiger partial charge in [0, 0.05) is 6.04 Å². The van der Waals surface area contributed by atoms with Crippen LogP contribution in [0.25, 0.3) is 0 Å². The molecule has 2 atom stereocenters. The molecular formula is C17H25NO. The zero-order chi connectivity index (χ0) is 13.1. The lowest BCUT2D eigenvalue weighted by molar-refractivity contribution is 0.131. The zero-order valence-corrected chi connectivity index (χ0v) is 11.7. The SMILES string of the molecule is NC1CCCCC1Oc1cccc2c1CCCCC2. The predicted molar refractivity (Wildman–Crippen MR) is 78.6 cm³/mol. The molecule has 3 rings (SSSR count). The van der Waals surface area contributed by atoms with E-state index in [9.17, 15) is 0 Å². The second-order valence-corrected chi connectivity index (χ2v) is 6.06. The van der Waals surface area contributed by atoms with Gasteiger partial charge in [0.15, 0.2) is 0 Å². The van der Waals surface area contributed by atoms with Crippen molar-refractivity contribution in [3.8, 4) is 5.75 Å². The van der Waals surface area contributed by atoms with Crippen LogP contribution in [-0.4, -0.2) is 12.1 Å². The van der Waals surface area contributed by atoms with E-state index < -0.39 is 0 Å². The maximum Gasteiger partial charge on any atom is 0.123 e. The van der Waals surface area contributed by atoms with Gasteiger partial charge in [0.2, 0.25) is 0 Å². The molecule has 1 fully saturated rings. The summed E-state index contributed by atoms with van der Waals surface area (Å²) in [5.74, 6) is 1.11. The second-order valence-electron chi connectivity index (χ2n) is 6.06. The fraction of sp³-hybridized carbons (Fsp3) is 0.647. The van der Waals surface area contributed by atoms with Crippen LogP contribution in [0.5, 0.6) is 5.75 Å². The summed E-state index contributed by atoms with van der Waals surface area (Å²) in [5.41, 5.74) is 9.16. The Morgan fingerprint density at radius 2 is 1.79 bits per heavy atom. The molecule has 0 spiro atoms. The Labute approximate surface area is 116 Å². The largest absolute Gasteiger partial charge is 0.489 e. The van der Waals surface area contributed by atoms with Crippen LogP contribution in [0.2, 0.25) is 0 Å². The maximum absolute atomic E-state index is 6.30. The minimum Gasteiger partial charge on any atom is -0.489 e. The Morgan fingerprint density at radius 1 is 0.947 bits per heavy atom. The van der Waals surface area contributed by atoms with E-state index in [1.54, 1.807) is 0 Å². The van der Waals surface area contributed by atoms with Crippen molar-refractivity contribution in [1.82, 2.24) is 0 Å². The predicted octanol–water partition coefficient (Wildman–Crippen LogP) is 3.60. The van der Waals surface area contributed by atoms with Gasteiger partial charge in [0.25, 0.3) is 0 Å². The smallest absolute Gasteiger partial charge is 0.123 e. The van der Waals surface area contributed by atoms with E-state index in [-0.39, 0.29) is 12.1 Å². The number of rotatable bonds is 2. The third-order valence-corrected chi connectivity index (χ3v) is 4.63. The Kier molecular flexibility index (Phi) is 4.07. The summed E-state index contributed by atoms with van der Waals surface area (Å²) in [4.78, 5) is 0. The first-order valence-electron chi connectivity index (χ1n) is 7.87. The average Bonchev–Trinajstić information content (AvgIpc) is 2.67. The lowest BCUT2D eigenvalue weighted by Gasteiger charge is -2.30. The van der Waals surface area contributed by atoms with Crippen molar-refractivity contribution in [3.05, 3.63) is 29.3 Å². The van der Waals surface area contributed by atoms with Gasteiger partial charge in [0.05, 0.1) is 0 Å². The third kappa shape index (κ3) is 2.94. The minimum atomic E-state index is 0.218.